The van der Waals surface area contributed by atoms with Crippen molar-refractivity contribution >= 4 is 42.9 Å². The molecule has 0 aliphatic rings. The van der Waals surface area contributed by atoms with Crippen LogP contribution in [0.1, 0.15) is 23.6 Å². The summed E-state index contributed by atoms with van der Waals surface area (Å²) in [5.74, 6) is 0. The van der Waals surface area contributed by atoms with Crippen LogP contribution in [0.15, 0.2) is 125 Å². The number of hydrogen-bond donors (Lipinski definition) is 0. The summed E-state index contributed by atoms with van der Waals surface area (Å²) in [7, 11) is -3.90. The van der Waals surface area contributed by atoms with Gasteiger partial charge in [0.25, 0.3) is 10.0 Å². The van der Waals surface area contributed by atoms with E-state index in [2.05, 4.69) is 34.7 Å². The summed E-state index contributed by atoms with van der Waals surface area (Å²) in [6, 6.07) is 35.2. The lowest BCUT2D eigenvalue weighted by Gasteiger charge is -2.09. The first kappa shape index (κ1) is 22.8. The zero-order valence-corrected chi connectivity index (χ0v) is 20.5. The summed E-state index contributed by atoms with van der Waals surface area (Å²) in [6.45, 7) is 3.91. The highest BCUT2D eigenvalue weighted by Crippen LogP contribution is 2.24. The predicted octanol–water partition coefficient (Wildman–Crippen LogP) is 7.58. The van der Waals surface area contributed by atoms with Gasteiger partial charge in [-0.2, -0.15) is 12.8 Å². The first-order valence-electron chi connectivity index (χ1n) is 11.5. The van der Waals surface area contributed by atoms with Crippen molar-refractivity contribution in [3.63, 3.8) is 0 Å². The van der Waals surface area contributed by atoms with Crippen LogP contribution in [0.25, 0.3) is 27.1 Å². The molecule has 0 saturated carbocycles. The molecule has 0 fully saturated rings. The van der Waals surface area contributed by atoms with Crippen molar-refractivity contribution in [2.75, 3.05) is 0 Å². The highest BCUT2D eigenvalue weighted by Gasteiger charge is 2.15. The van der Waals surface area contributed by atoms with Crippen LogP contribution in [0.5, 0.6) is 0 Å². The van der Waals surface area contributed by atoms with E-state index in [-0.39, 0.29) is 4.90 Å². The van der Waals surface area contributed by atoms with E-state index in [1.807, 2.05) is 74.5 Å². The Morgan fingerprint density at radius 2 is 1.17 bits per heavy atom. The van der Waals surface area contributed by atoms with Gasteiger partial charge in [-0.25, -0.2) is 0 Å². The van der Waals surface area contributed by atoms with Crippen LogP contribution in [-0.2, 0) is 10.0 Å². The van der Waals surface area contributed by atoms with Gasteiger partial charge < -0.3 is 0 Å². The van der Waals surface area contributed by atoms with Crippen LogP contribution in [-0.4, -0.2) is 14.1 Å². The highest BCUT2D eigenvalue weighted by molar-refractivity contribution is 7.90. The Kier molecular flexibility index (Phi) is 6.06. The fourth-order valence-corrected chi connectivity index (χ4v) is 5.13. The second-order valence-corrected chi connectivity index (χ2v) is 10.3. The van der Waals surface area contributed by atoms with Crippen molar-refractivity contribution in [3.8, 4) is 0 Å². The van der Waals surface area contributed by atoms with Crippen molar-refractivity contribution in [2.24, 2.45) is 4.40 Å². The average Bonchev–Trinajstić information content (AvgIpc) is 2.88. The van der Waals surface area contributed by atoms with Crippen molar-refractivity contribution in [1.29, 1.82) is 0 Å². The number of fused-ring (bicyclic) bond motifs is 2. The summed E-state index contributed by atoms with van der Waals surface area (Å²) >= 11 is 0. The molecule has 0 saturated heterocycles. The van der Waals surface area contributed by atoms with Crippen molar-refractivity contribution in [3.05, 3.63) is 132 Å². The monoisotopic (exact) mass is 475 g/mol. The molecule has 5 aromatic rings. The van der Waals surface area contributed by atoms with Gasteiger partial charge in [0.1, 0.15) is 0 Å². The van der Waals surface area contributed by atoms with E-state index in [4.69, 9.17) is 0 Å². The van der Waals surface area contributed by atoms with Gasteiger partial charge in [0.2, 0.25) is 0 Å². The molecular weight excluding hydrogens is 450 g/mol. The first-order valence-corrected chi connectivity index (χ1v) is 12.9. The minimum Gasteiger partial charge on any atom is -0.199 e. The summed E-state index contributed by atoms with van der Waals surface area (Å²) in [5, 5.41) is 4.41. The van der Waals surface area contributed by atoms with Gasteiger partial charge in [-0.15, -0.1) is 0 Å². The van der Waals surface area contributed by atoms with Gasteiger partial charge in [0, 0.05) is 5.56 Å². The zero-order valence-electron chi connectivity index (χ0n) is 19.6. The SMILES string of the molecule is C/C(=C\C(=N\S(=O)(=O)c1ccc(C)cc1)c1ccc2ccccc2c1)c1ccc2ccccc2c1. The van der Waals surface area contributed by atoms with Crippen molar-refractivity contribution < 1.29 is 8.42 Å². The smallest absolute Gasteiger partial charge is 0.199 e. The summed E-state index contributed by atoms with van der Waals surface area (Å²) in [4.78, 5) is 0.179. The Morgan fingerprint density at radius 3 is 1.77 bits per heavy atom. The van der Waals surface area contributed by atoms with Crippen LogP contribution < -0.4 is 0 Å². The fraction of sp³-hybridized carbons (Fsp3) is 0.0645. The molecule has 0 atom stereocenters. The Bertz CT molecular complexity index is 1710. The predicted molar refractivity (Wildman–Crippen MR) is 146 cm³/mol. The number of nitrogens with zero attached hydrogens (tertiary/aromatic N) is 1. The number of aryl methyl sites for hydroxylation is 1. The van der Waals surface area contributed by atoms with Crippen LogP contribution in [0, 0.1) is 6.92 Å². The fourth-order valence-electron chi connectivity index (χ4n) is 4.13. The minimum atomic E-state index is -3.90. The number of rotatable bonds is 5. The molecule has 0 aromatic heterocycles. The minimum absolute atomic E-state index is 0.179. The zero-order chi connectivity index (χ0) is 24.4. The van der Waals surface area contributed by atoms with E-state index in [0.717, 1.165) is 43.8 Å². The molecule has 0 amide bonds. The molecular formula is C31H25NO2S. The van der Waals surface area contributed by atoms with E-state index in [1.54, 1.807) is 24.3 Å². The molecule has 0 heterocycles. The molecule has 5 aromatic carbocycles. The first-order chi connectivity index (χ1) is 16.9. The molecule has 4 heteroatoms. The number of sulfonamides is 1. The molecule has 172 valence electrons. The molecule has 0 radical (unpaired) electrons. The van der Waals surface area contributed by atoms with E-state index >= 15 is 0 Å². The number of hydrogen-bond acceptors (Lipinski definition) is 2. The van der Waals surface area contributed by atoms with Crippen LogP contribution in [0.4, 0.5) is 0 Å². The van der Waals surface area contributed by atoms with Gasteiger partial charge in [-0.1, -0.05) is 90.5 Å². The average molecular weight is 476 g/mol. The Morgan fingerprint density at radius 1 is 0.657 bits per heavy atom. The lowest BCUT2D eigenvalue weighted by Crippen LogP contribution is -2.05. The molecule has 3 nitrogen and oxygen atoms in total. The molecule has 0 spiro atoms. The number of allylic oxidation sites excluding steroid dienone is 2. The molecule has 0 aliphatic heterocycles. The molecule has 0 bridgehead atoms. The van der Waals surface area contributed by atoms with Crippen LogP contribution in [0.3, 0.4) is 0 Å². The third kappa shape index (κ3) is 4.93. The van der Waals surface area contributed by atoms with E-state index in [1.165, 1.54) is 0 Å². The quantitative estimate of drug-likeness (QED) is 0.246. The lowest BCUT2D eigenvalue weighted by molar-refractivity contribution is 0.598. The molecule has 0 aliphatic carbocycles. The lowest BCUT2D eigenvalue weighted by atomic mass is 9.98. The van der Waals surface area contributed by atoms with E-state index in [9.17, 15) is 8.42 Å². The largest absolute Gasteiger partial charge is 0.282 e. The van der Waals surface area contributed by atoms with Gasteiger partial charge >= 0.3 is 0 Å². The van der Waals surface area contributed by atoms with Crippen molar-refractivity contribution in [2.45, 2.75) is 18.7 Å². The van der Waals surface area contributed by atoms with Crippen molar-refractivity contribution in [1.82, 2.24) is 0 Å². The number of benzene rings is 5. The Balaban J connectivity index is 1.66. The van der Waals surface area contributed by atoms with Crippen LogP contribution in [0.2, 0.25) is 0 Å². The van der Waals surface area contributed by atoms with Gasteiger partial charge in [-0.05, 0) is 76.9 Å². The van der Waals surface area contributed by atoms with Gasteiger partial charge in [0.05, 0.1) is 10.6 Å². The maximum Gasteiger partial charge on any atom is 0.282 e. The summed E-state index contributed by atoms with van der Waals surface area (Å²) < 4.78 is 30.9. The van der Waals surface area contributed by atoms with E-state index < -0.39 is 10.0 Å². The maximum atomic E-state index is 13.3. The summed E-state index contributed by atoms with van der Waals surface area (Å²) in [6.07, 6.45) is 1.86. The molecule has 0 N–H and O–H groups in total. The second kappa shape index (κ2) is 9.32. The third-order valence-electron chi connectivity index (χ3n) is 6.14. The molecule has 0 unspecified atom stereocenters. The van der Waals surface area contributed by atoms with Gasteiger partial charge in [0.15, 0.2) is 0 Å². The topological polar surface area (TPSA) is 46.5 Å². The third-order valence-corrected chi connectivity index (χ3v) is 7.45. The van der Waals surface area contributed by atoms with Crippen LogP contribution >= 0.6 is 0 Å². The summed E-state index contributed by atoms with van der Waals surface area (Å²) in [5.41, 5.74) is 4.10. The molecule has 5 rings (SSSR count). The second-order valence-electron chi connectivity index (χ2n) is 8.72. The Labute approximate surface area is 206 Å². The Hall–Kier alpha value is -4.02. The normalized spacial score (nSPS) is 12.9. The van der Waals surface area contributed by atoms with Gasteiger partial charge in [-0.3, -0.25) is 0 Å². The van der Waals surface area contributed by atoms with E-state index in [0.29, 0.717) is 5.71 Å². The standard InChI is InChI=1S/C31H25NO2S/c1-22-11-17-30(18-12-22)35(33,34)32-31(29-16-14-25-8-4-6-10-28(25)21-29)19-23(2)26-15-13-24-7-3-5-9-27(24)20-26/h3-21H,1-2H3/b23-19+,32-31-. The highest BCUT2D eigenvalue weighted by atomic mass is 32.2. The molecule has 35 heavy (non-hydrogen) atoms. The maximum absolute atomic E-state index is 13.3.